The minimum Gasteiger partial charge on any atom is -0.322 e. The Morgan fingerprint density at radius 2 is 1.83 bits per heavy atom. The van der Waals surface area contributed by atoms with Crippen molar-refractivity contribution in [3.8, 4) is 11.8 Å². The number of aromatic nitrogens is 4. The highest BCUT2D eigenvalue weighted by Crippen LogP contribution is 2.16. The Kier molecular flexibility index (Phi) is 5.68. The number of piperazine rings is 1. The fourth-order valence-electron chi connectivity index (χ4n) is 3.38. The fraction of sp³-hybridized carbons (Fsp3) is 0.286. The zero-order chi connectivity index (χ0) is 20.9. The first-order valence-electron chi connectivity index (χ1n) is 9.76. The number of aryl methyl sites for hydroxylation is 1. The molecule has 0 unspecified atom stereocenters. The number of hydrogen-bond donors (Lipinski definition) is 1. The van der Waals surface area contributed by atoms with E-state index in [1.807, 2.05) is 31.2 Å². The molecular formula is C21H22N8O. The number of benzene rings is 2. The highest BCUT2D eigenvalue weighted by molar-refractivity contribution is 5.90. The lowest BCUT2D eigenvalue weighted by atomic mass is 10.2. The second-order valence-corrected chi connectivity index (χ2v) is 7.19. The van der Waals surface area contributed by atoms with Crippen LogP contribution in [0.5, 0.6) is 0 Å². The molecule has 2 heterocycles. The molecule has 1 saturated heterocycles. The largest absolute Gasteiger partial charge is 0.322 e. The molecule has 0 radical (unpaired) electrons. The molecule has 0 aliphatic carbocycles. The van der Waals surface area contributed by atoms with Crippen molar-refractivity contribution in [3.05, 3.63) is 65.5 Å². The van der Waals surface area contributed by atoms with Gasteiger partial charge in [-0.25, -0.2) is 4.79 Å². The first-order valence-corrected chi connectivity index (χ1v) is 9.76. The Bertz CT molecular complexity index is 1060. The van der Waals surface area contributed by atoms with Gasteiger partial charge in [-0.2, -0.15) is 9.94 Å². The highest BCUT2D eigenvalue weighted by atomic mass is 16.2. The number of nitriles is 1. The Hall–Kier alpha value is -3.77. The van der Waals surface area contributed by atoms with Gasteiger partial charge in [-0.1, -0.05) is 29.8 Å². The van der Waals surface area contributed by atoms with Gasteiger partial charge in [0, 0.05) is 26.2 Å². The summed E-state index contributed by atoms with van der Waals surface area (Å²) < 4.78 is 1.75. The topological polar surface area (TPSA) is 103 Å². The number of urea groups is 1. The Balaban J connectivity index is 1.34. The molecule has 152 valence electrons. The van der Waals surface area contributed by atoms with Crippen molar-refractivity contribution in [1.29, 1.82) is 5.26 Å². The Labute approximate surface area is 174 Å². The number of carbonyl (C=O) groups is 1. The number of hydrogen-bond acceptors (Lipinski definition) is 6. The molecule has 3 aromatic rings. The zero-order valence-corrected chi connectivity index (χ0v) is 16.7. The van der Waals surface area contributed by atoms with Crippen molar-refractivity contribution in [2.24, 2.45) is 0 Å². The van der Waals surface area contributed by atoms with Crippen LogP contribution in [0.15, 0.2) is 48.5 Å². The van der Waals surface area contributed by atoms with Crippen LogP contribution in [-0.2, 0) is 6.54 Å². The summed E-state index contributed by atoms with van der Waals surface area (Å²) in [4.78, 5) is 16.6. The van der Waals surface area contributed by atoms with Gasteiger partial charge in [0.1, 0.15) is 6.07 Å². The first-order chi connectivity index (χ1) is 14.6. The number of rotatable bonds is 4. The molecule has 0 atom stereocenters. The quantitative estimate of drug-likeness (QED) is 0.718. The molecule has 30 heavy (non-hydrogen) atoms. The van der Waals surface area contributed by atoms with Gasteiger partial charge in [-0.15, -0.1) is 5.10 Å². The van der Waals surface area contributed by atoms with E-state index in [0.29, 0.717) is 44.0 Å². The standard InChI is InChI=1S/C21H22N8O/c1-16-6-8-18(9-7-16)29-20(24-25-26-29)15-27-10-12-28(13-11-27)21(30)23-19-5-3-2-4-17(19)14-22/h2-9H,10-13,15H2,1H3,(H,23,30). The number of anilines is 1. The number of para-hydroxylation sites is 1. The van der Waals surface area contributed by atoms with E-state index in [1.54, 1.807) is 33.8 Å². The lowest BCUT2D eigenvalue weighted by Crippen LogP contribution is -2.49. The van der Waals surface area contributed by atoms with Crippen LogP contribution in [0.2, 0.25) is 0 Å². The number of tetrazole rings is 1. The molecule has 9 heteroatoms. The van der Waals surface area contributed by atoms with E-state index in [9.17, 15) is 10.1 Å². The van der Waals surface area contributed by atoms with Gasteiger partial charge >= 0.3 is 6.03 Å². The summed E-state index contributed by atoms with van der Waals surface area (Å²) in [5, 5.41) is 24.1. The van der Waals surface area contributed by atoms with Crippen LogP contribution in [0.4, 0.5) is 10.5 Å². The van der Waals surface area contributed by atoms with Crippen LogP contribution < -0.4 is 5.32 Å². The van der Waals surface area contributed by atoms with Gasteiger partial charge in [0.05, 0.1) is 23.5 Å². The van der Waals surface area contributed by atoms with E-state index in [4.69, 9.17) is 0 Å². The van der Waals surface area contributed by atoms with Crippen LogP contribution in [0, 0.1) is 18.3 Å². The number of amides is 2. The summed E-state index contributed by atoms with van der Waals surface area (Å²) >= 11 is 0. The molecule has 2 amide bonds. The highest BCUT2D eigenvalue weighted by Gasteiger charge is 2.23. The third-order valence-corrected chi connectivity index (χ3v) is 5.13. The number of carbonyl (C=O) groups excluding carboxylic acids is 1. The summed E-state index contributed by atoms with van der Waals surface area (Å²) in [6.45, 7) is 5.26. The molecule has 0 saturated carbocycles. The second-order valence-electron chi connectivity index (χ2n) is 7.19. The van der Waals surface area contributed by atoms with Crippen LogP contribution in [0.1, 0.15) is 17.0 Å². The summed E-state index contributed by atoms with van der Waals surface area (Å²) in [6, 6.07) is 16.9. The minimum absolute atomic E-state index is 0.193. The predicted octanol–water partition coefficient (Wildman–Crippen LogP) is 2.19. The smallest absolute Gasteiger partial charge is 0.321 e. The van der Waals surface area contributed by atoms with E-state index in [2.05, 4.69) is 31.8 Å². The van der Waals surface area contributed by atoms with Gasteiger partial charge in [0.25, 0.3) is 0 Å². The normalized spacial score (nSPS) is 14.3. The van der Waals surface area contributed by atoms with Crippen molar-refractivity contribution in [2.45, 2.75) is 13.5 Å². The van der Waals surface area contributed by atoms with Gasteiger partial charge in [-0.3, -0.25) is 4.90 Å². The summed E-state index contributed by atoms with van der Waals surface area (Å²) in [5.74, 6) is 0.764. The SMILES string of the molecule is Cc1ccc(-n2nnnc2CN2CCN(C(=O)Nc3ccccc3C#N)CC2)cc1. The van der Waals surface area contributed by atoms with Crippen molar-refractivity contribution in [2.75, 3.05) is 31.5 Å². The third-order valence-electron chi connectivity index (χ3n) is 5.13. The van der Waals surface area contributed by atoms with Crippen molar-refractivity contribution >= 4 is 11.7 Å². The molecule has 1 N–H and O–H groups in total. The molecule has 4 rings (SSSR count). The molecule has 0 spiro atoms. The Morgan fingerprint density at radius 1 is 1.10 bits per heavy atom. The molecular weight excluding hydrogens is 380 g/mol. The van der Waals surface area contributed by atoms with Crippen LogP contribution in [0.25, 0.3) is 5.69 Å². The lowest BCUT2D eigenvalue weighted by molar-refractivity contribution is 0.140. The van der Waals surface area contributed by atoms with Crippen LogP contribution in [-0.4, -0.2) is 62.2 Å². The molecule has 1 aliphatic heterocycles. The molecule has 1 fully saturated rings. The molecule has 2 aromatic carbocycles. The molecule has 1 aromatic heterocycles. The minimum atomic E-state index is -0.193. The average molecular weight is 402 g/mol. The predicted molar refractivity (Wildman–Crippen MR) is 111 cm³/mol. The van der Waals surface area contributed by atoms with E-state index in [-0.39, 0.29) is 6.03 Å². The lowest BCUT2D eigenvalue weighted by Gasteiger charge is -2.34. The summed E-state index contributed by atoms with van der Waals surface area (Å²) in [7, 11) is 0. The second kappa shape index (κ2) is 8.71. The third kappa shape index (κ3) is 4.29. The van der Waals surface area contributed by atoms with Gasteiger partial charge < -0.3 is 10.2 Å². The van der Waals surface area contributed by atoms with Gasteiger partial charge in [0.2, 0.25) is 0 Å². The van der Waals surface area contributed by atoms with Crippen LogP contribution >= 0.6 is 0 Å². The zero-order valence-electron chi connectivity index (χ0n) is 16.7. The summed E-state index contributed by atoms with van der Waals surface area (Å²) in [5.41, 5.74) is 3.09. The van der Waals surface area contributed by atoms with E-state index < -0.39 is 0 Å². The van der Waals surface area contributed by atoms with Crippen molar-refractivity contribution in [3.63, 3.8) is 0 Å². The van der Waals surface area contributed by atoms with E-state index >= 15 is 0 Å². The first kappa shape index (κ1) is 19.5. The van der Waals surface area contributed by atoms with Crippen LogP contribution in [0.3, 0.4) is 0 Å². The average Bonchev–Trinajstić information content (AvgIpc) is 3.23. The number of nitrogens with zero attached hydrogens (tertiary/aromatic N) is 7. The maximum atomic E-state index is 12.6. The van der Waals surface area contributed by atoms with E-state index in [0.717, 1.165) is 11.5 Å². The molecule has 9 nitrogen and oxygen atoms in total. The molecule has 0 bridgehead atoms. The summed E-state index contributed by atoms with van der Waals surface area (Å²) in [6.07, 6.45) is 0. The maximum absolute atomic E-state index is 12.6. The van der Waals surface area contributed by atoms with Crippen molar-refractivity contribution in [1.82, 2.24) is 30.0 Å². The maximum Gasteiger partial charge on any atom is 0.321 e. The van der Waals surface area contributed by atoms with E-state index in [1.165, 1.54) is 5.56 Å². The Morgan fingerprint density at radius 3 is 2.57 bits per heavy atom. The van der Waals surface area contributed by atoms with Gasteiger partial charge in [-0.05, 0) is 41.6 Å². The molecule has 1 aliphatic rings. The monoisotopic (exact) mass is 402 g/mol. The number of nitrogens with one attached hydrogen (secondary N) is 1. The fourth-order valence-corrected chi connectivity index (χ4v) is 3.38. The van der Waals surface area contributed by atoms with Crippen molar-refractivity contribution < 1.29 is 4.79 Å². The van der Waals surface area contributed by atoms with Gasteiger partial charge in [0.15, 0.2) is 5.82 Å².